The van der Waals surface area contributed by atoms with Crippen molar-refractivity contribution in [3.8, 4) is 17.1 Å². The lowest BCUT2D eigenvalue weighted by molar-refractivity contribution is 0.304. The Bertz CT molecular complexity index is 1040. The number of hydrogen-bond acceptors (Lipinski definition) is 5. The highest BCUT2D eigenvalue weighted by atomic mass is 35.5. The van der Waals surface area contributed by atoms with Gasteiger partial charge in [-0.1, -0.05) is 52.2 Å². The zero-order chi connectivity index (χ0) is 17.4. The van der Waals surface area contributed by atoms with Gasteiger partial charge in [-0.2, -0.15) is 9.61 Å². The lowest BCUT2D eigenvalue weighted by Gasteiger charge is -2.03. The van der Waals surface area contributed by atoms with Gasteiger partial charge >= 0.3 is 0 Å². The molecular weight excluding hydrogens is 379 g/mol. The molecule has 0 amide bonds. The summed E-state index contributed by atoms with van der Waals surface area (Å²) in [6.45, 7) is 2.40. The number of ether oxygens (including phenoxy) is 1. The lowest BCUT2D eigenvalue weighted by atomic mass is 10.2. The molecule has 25 heavy (non-hydrogen) atoms. The van der Waals surface area contributed by atoms with Crippen molar-refractivity contribution in [3.63, 3.8) is 0 Å². The van der Waals surface area contributed by atoms with E-state index in [1.165, 1.54) is 16.9 Å². The monoisotopic (exact) mass is 390 g/mol. The first-order chi connectivity index (χ1) is 12.1. The highest BCUT2D eigenvalue weighted by Gasteiger charge is 2.16. The van der Waals surface area contributed by atoms with E-state index in [0.29, 0.717) is 27.4 Å². The Labute approximate surface area is 157 Å². The van der Waals surface area contributed by atoms with Crippen molar-refractivity contribution in [3.05, 3.63) is 63.1 Å². The molecule has 0 N–H and O–H groups in total. The van der Waals surface area contributed by atoms with E-state index < -0.39 is 0 Å². The molecule has 4 aromatic rings. The first-order valence-electron chi connectivity index (χ1n) is 7.46. The smallest absolute Gasteiger partial charge is 0.235 e. The number of fused-ring (bicyclic) bond motifs is 1. The van der Waals surface area contributed by atoms with Crippen molar-refractivity contribution in [2.75, 3.05) is 0 Å². The van der Waals surface area contributed by atoms with E-state index in [-0.39, 0.29) is 0 Å². The number of benzene rings is 2. The molecule has 0 radical (unpaired) electrons. The Hall–Kier alpha value is -2.15. The molecule has 2 aromatic heterocycles. The van der Waals surface area contributed by atoms with Crippen molar-refractivity contribution in [2.24, 2.45) is 0 Å². The Kier molecular flexibility index (Phi) is 4.33. The Morgan fingerprint density at radius 1 is 1.08 bits per heavy atom. The molecule has 0 saturated carbocycles. The van der Waals surface area contributed by atoms with Crippen LogP contribution in [0.3, 0.4) is 0 Å². The van der Waals surface area contributed by atoms with Crippen LogP contribution < -0.4 is 4.74 Å². The molecule has 0 saturated heterocycles. The minimum Gasteiger partial charge on any atom is -0.486 e. The van der Waals surface area contributed by atoms with E-state index in [4.69, 9.17) is 27.9 Å². The average molecular weight is 391 g/mol. The molecule has 0 bridgehead atoms. The van der Waals surface area contributed by atoms with Gasteiger partial charge in [0.05, 0.1) is 5.02 Å². The van der Waals surface area contributed by atoms with Crippen molar-refractivity contribution in [1.82, 2.24) is 19.8 Å². The van der Waals surface area contributed by atoms with Gasteiger partial charge < -0.3 is 4.74 Å². The highest BCUT2D eigenvalue weighted by molar-refractivity contribution is 7.16. The van der Waals surface area contributed by atoms with E-state index in [0.717, 1.165) is 16.3 Å². The first kappa shape index (κ1) is 16.3. The van der Waals surface area contributed by atoms with Crippen LogP contribution in [0, 0.1) is 6.92 Å². The molecular formula is C17H12Cl2N4OS. The number of aryl methyl sites for hydroxylation is 1. The number of halogens is 2. The predicted octanol–water partition coefficient (Wildman–Crippen LogP) is 5.05. The van der Waals surface area contributed by atoms with E-state index in [1.54, 1.807) is 16.6 Å². The third kappa shape index (κ3) is 3.33. The topological polar surface area (TPSA) is 52.3 Å². The minimum absolute atomic E-state index is 0.366. The van der Waals surface area contributed by atoms with Crippen LogP contribution in [0.25, 0.3) is 16.3 Å². The molecule has 0 atom stereocenters. The van der Waals surface area contributed by atoms with Gasteiger partial charge in [-0.15, -0.1) is 10.2 Å². The standard InChI is InChI=1S/C17H12Cl2N4OS/c1-10-2-5-12(6-3-10)24-9-15-22-23-16(20-21-17(23)25-15)13-7-4-11(18)8-14(13)19/h2-8H,9H2,1H3. The number of rotatable bonds is 4. The fraction of sp³-hybridized carbons (Fsp3) is 0.118. The van der Waals surface area contributed by atoms with Gasteiger partial charge in [-0.05, 0) is 37.3 Å². The Morgan fingerprint density at radius 3 is 2.64 bits per heavy atom. The number of aromatic nitrogens is 4. The molecule has 5 nitrogen and oxygen atoms in total. The maximum absolute atomic E-state index is 6.27. The van der Waals surface area contributed by atoms with Crippen molar-refractivity contribution in [2.45, 2.75) is 13.5 Å². The molecule has 0 unspecified atom stereocenters. The van der Waals surface area contributed by atoms with Crippen LogP contribution in [0.1, 0.15) is 10.6 Å². The quantitative estimate of drug-likeness (QED) is 0.489. The summed E-state index contributed by atoms with van der Waals surface area (Å²) in [5, 5.41) is 14.8. The van der Waals surface area contributed by atoms with Crippen molar-refractivity contribution in [1.29, 1.82) is 0 Å². The van der Waals surface area contributed by atoms with Gasteiger partial charge in [0.2, 0.25) is 4.96 Å². The normalized spacial score (nSPS) is 11.2. The summed E-state index contributed by atoms with van der Waals surface area (Å²) in [7, 11) is 0. The van der Waals surface area contributed by atoms with Crippen molar-refractivity contribution >= 4 is 39.5 Å². The predicted molar refractivity (Wildman–Crippen MR) is 99.6 cm³/mol. The molecule has 8 heteroatoms. The summed E-state index contributed by atoms with van der Waals surface area (Å²) < 4.78 is 7.45. The molecule has 2 aromatic carbocycles. The van der Waals surface area contributed by atoms with E-state index in [1.807, 2.05) is 37.3 Å². The summed E-state index contributed by atoms with van der Waals surface area (Å²) >= 11 is 13.6. The summed E-state index contributed by atoms with van der Waals surface area (Å²) in [4.78, 5) is 0.684. The van der Waals surface area contributed by atoms with Crippen LogP contribution in [0.2, 0.25) is 10.0 Å². The third-order valence-electron chi connectivity index (χ3n) is 3.59. The molecule has 0 aliphatic rings. The third-order valence-corrected chi connectivity index (χ3v) is 5.01. The van der Waals surface area contributed by atoms with Crippen LogP contribution in [0.4, 0.5) is 0 Å². The fourth-order valence-electron chi connectivity index (χ4n) is 2.33. The molecule has 0 fully saturated rings. The zero-order valence-corrected chi connectivity index (χ0v) is 15.4. The molecule has 0 spiro atoms. The maximum atomic E-state index is 6.27. The van der Waals surface area contributed by atoms with Crippen LogP contribution in [-0.2, 0) is 6.61 Å². The fourth-order valence-corrected chi connectivity index (χ4v) is 3.57. The lowest BCUT2D eigenvalue weighted by Crippen LogP contribution is -1.97. The van der Waals surface area contributed by atoms with Gasteiger partial charge in [0.15, 0.2) is 10.8 Å². The largest absolute Gasteiger partial charge is 0.486 e. The Balaban J connectivity index is 1.60. The summed E-state index contributed by atoms with van der Waals surface area (Å²) in [5.74, 6) is 1.38. The summed E-state index contributed by atoms with van der Waals surface area (Å²) in [5.41, 5.74) is 1.92. The van der Waals surface area contributed by atoms with Crippen LogP contribution in [0.5, 0.6) is 5.75 Å². The summed E-state index contributed by atoms with van der Waals surface area (Å²) in [6.07, 6.45) is 0. The van der Waals surface area contributed by atoms with E-state index in [2.05, 4.69) is 15.3 Å². The molecule has 2 heterocycles. The molecule has 0 aliphatic heterocycles. The van der Waals surface area contributed by atoms with Crippen molar-refractivity contribution < 1.29 is 4.74 Å². The average Bonchev–Trinajstić information content (AvgIpc) is 3.15. The van der Waals surface area contributed by atoms with Crippen LogP contribution in [0.15, 0.2) is 42.5 Å². The molecule has 126 valence electrons. The zero-order valence-electron chi connectivity index (χ0n) is 13.1. The van der Waals surface area contributed by atoms with Gasteiger partial charge in [0.1, 0.15) is 12.4 Å². The second-order valence-electron chi connectivity index (χ2n) is 5.44. The SMILES string of the molecule is Cc1ccc(OCc2nn3c(-c4ccc(Cl)cc4Cl)nnc3s2)cc1. The Morgan fingerprint density at radius 2 is 1.88 bits per heavy atom. The highest BCUT2D eigenvalue weighted by Crippen LogP contribution is 2.30. The number of hydrogen-bond donors (Lipinski definition) is 0. The second-order valence-corrected chi connectivity index (χ2v) is 7.32. The molecule has 0 aliphatic carbocycles. The van der Waals surface area contributed by atoms with Crippen LogP contribution in [-0.4, -0.2) is 19.8 Å². The maximum Gasteiger partial charge on any atom is 0.235 e. The van der Waals surface area contributed by atoms with Gasteiger partial charge in [-0.25, -0.2) is 0 Å². The molecule has 4 rings (SSSR count). The van der Waals surface area contributed by atoms with Gasteiger partial charge in [0.25, 0.3) is 0 Å². The van der Waals surface area contributed by atoms with Gasteiger partial charge in [-0.3, -0.25) is 0 Å². The van der Waals surface area contributed by atoms with Gasteiger partial charge in [0, 0.05) is 10.6 Å². The number of nitrogens with zero attached hydrogens (tertiary/aromatic N) is 4. The second kappa shape index (κ2) is 6.63. The minimum atomic E-state index is 0.366. The van der Waals surface area contributed by atoms with Crippen LogP contribution >= 0.6 is 34.5 Å². The van der Waals surface area contributed by atoms with E-state index in [9.17, 15) is 0 Å². The first-order valence-corrected chi connectivity index (χ1v) is 9.03. The summed E-state index contributed by atoms with van der Waals surface area (Å²) in [6, 6.07) is 13.1. The van der Waals surface area contributed by atoms with E-state index >= 15 is 0 Å².